The molecule has 0 aromatic rings. The van der Waals surface area contributed by atoms with Gasteiger partial charge < -0.3 is 43.0 Å². The van der Waals surface area contributed by atoms with E-state index in [0.717, 1.165) is 19.4 Å². The Morgan fingerprint density at radius 2 is 0.829 bits per heavy atom. The van der Waals surface area contributed by atoms with E-state index in [1.54, 1.807) is 0 Å². The summed E-state index contributed by atoms with van der Waals surface area (Å²) >= 11 is 0. The molecule has 0 saturated heterocycles. The first-order valence-corrected chi connectivity index (χ1v) is 12.6. The molecule has 0 radical (unpaired) electrons. The minimum Gasteiger partial charge on any atom is -0.481 e. The molecule has 0 amide bonds. The SMILES string of the molecule is CCCCOCCOCCOCCOCCOCCOCCOCCOC(=O)CCCCC(=O)O. The fourth-order valence-electron chi connectivity index (χ4n) is 2.50. The molecule has 0 aromatic carbocycles. The topological polar surface area (TPSA) is 128 Å². The fraction of sp³-hybridized carbons (Fsp3) is 0.917. The van der Waals surface area contributed by atoms with Gasteiger partial charge in [0.1, 0.15) is 6.61 Å². The largest absolute Gasteiger partial charge is 0.481 e. The van der Waals surface area contributed by atoms with Gasteiger partial charge in [-0.05, 0) is 19.3 Å². The number of hydrogen-bond donors (Lipinski definition) is 1. The van der Waals surface area contributed by atoms with E-state index in [-0.39, 0.29) is 25.4 Å². The van der Waals surface area contributed by atoms with Crippen LogP contribution >= 0.6 is 0 Å². The van der Waals surface area contributed by atoms with Gasteiger partial charge in [-0.3, -0.25) is 9.59 Å². The molecule has 208 valence electrons. The van der Waals surface area contributed by atoms with Gasteiger partial charge in [-0.1, -0.05) is 13.3 Å². The van der Waals surface area contributed by atoms with Gasteiger partial charge in [-0.25, -0.2) is 0 Å². The van der Waals surface area contributed by atoms with E-state index in [1.807, 2.05) is 0 Å². The summed E-state index contributed by atoms with van der Waals surface area (Å²) in [5, 5.41) is 8.52. The summed E-state index contributed by atoms with van der Waals surface area (Å²) in [6.07, 6.45) is 3.49. The number of rotatable bonds is 29. The number of ether oxygens (including phenoxy) is 8. The van der Waals surface area contributed by atoms with E-state index in [4.69, 9.17) is 43.0 Å². The lowest BCUT2D eigenvalue weighted by Crippen LogP contribution is -2.15. The van der Waals surface area contributed by atoms with Crippen molar-refractivity contribution < 1.29 is 52.6 Å². The van der Waals surface area contributed by atoms with Crippen molar-refractivity contribution in [2.45, 2.75) is 45.4 Å². The van der Waals surface area contributed by atoms with Gasteiger partial charge in [0.15, 0.2) is 0 Å². The van der Waals surface area contributed by atoms with Crippen LogP contribution in [0, 0.1) is 0 Å². The molecule has 35 heavy (non-hydrogen) atoms. The molecule has 0 aliphatic rings. The molecule has 0 aliphatic heterocycles. The van der Waals surface area contributed by atoms with E-state index >= 15 is 0 Å². The van der Waals surface area contributed by atoms with Gasteiger partial charge in [0, 0.05) is 19.4 Å². The monoisotopic (exact) mass is 510 g/mol. The maximum absolute atomic E-state index is 11.4. The van der Waals surface area contributed by atoms with Crippen LogP contribution in [0.2, 0.25) is 0 Å². The molecule has 1 N–H and O–H groups in total. The molecule has 11 nitrogen and oxygen atoms in total. The molecular weight excluding hydrogens is 464 g/mol. The van der Waals surface area contributed by atoms with Crippen molar-refractivity contribution in [3.63, 3.8) is 0 Å². The summed E-state index contributed by atoms with van der Waals surface area (Å²) in [5.41, 5.74) is 0. The number of hydrogen-bond acceptors (Lipinski definition) is 10. The van der Waals surface area contributed by atoms with Gasteiger partial charge >= 0.3 is 11.9 Å². The molecular formula is C24H46O11. The first kappa shape index (κ1) is 33.7. The minimum atomic E-state index is -0.857. The summed E-state index contributed by atoms with van der Waals surface area (Å²) in [4.78, 5) is 21.8. The van der Waals surface area contributed by atoms with Crippen LogP contribution in [-0.4, -0.2) is 116 Å². The van der Waals surface area contributed by atoms with Crippen LogP contribution in [-0.2, 0) is 47.5 Å². The molecule has 0 spiro atoms. The quantitative estimate of drug-likeness (QED) is 0.117. The molecule has 0 saturated carbocycles. The van der Waals surface area contributed by atoms with Crippen LogP contribution in [0.4, 0.5) is 0 Å². The van der Waals surface area contributed by atoms with Crippen LogP contribution in [0.1, 0.15) is 45.4 Å². The fourth-order valence-corrected chi connectivity index (χ4v) is 2.50. The summed E-state index contributed by atoms with van der Waals surface area (Å²) in [6.45, 7) is 9.48. The molecule has 0 rings (SSSR count). The first-order valence-electron chi connectivity index (χ1n) is 12.6. The van der Waals surface area contributed by atoms with Crippen LogP contribution in [0.25, 0.3) is 0 Å². The van der Waals surface area contributed by atoms with Crippen LogP contribution < -0.4 is 0 Å². The standard InChI is InChI=1S/C24H46O11/c1-2-3-8-28-9-10-29-11-12-30-13-14-31-15-16-32-17-18-33-19-20-34-21-22-35-24(27)7-5-4-6-23(25)26/h2-22H2,1H3,(H,25,26). The summed E-state index contributed by atoms with van der Waals surface area (Å²) in [5.74, 6) is -1.20. The molecule has 0 fully saturated rings. The van der Waals surface area contributed by atoms with E-state index < -0.39 is 5.97 Å². The lowest BCUT2D eigenvalue weighted by molar-refractivity contribution is -0.146. The van der Waals surface area contributed by atoms with E-state index in [2.05, 4.69) is 6.92 Å². The first-order chi connectivity index (χ1) is 17.2. The third kappa shape index (κ3) is 30.6. The highest BCUT2D eigenvalue weighted by molar-refractivity contribution is 5.69. The Morgan fingerprint density at radius 1 is 0.486 bits per heavy atom. The Kier molecular flexibility index (Phi) is 27.8. The molecule has 0 heterocycles. The Bertz CT molecular complexity index is 463. The van der Waals surface area contributed by atoms with Crippen molar-refractivity contribution in [2.75, 3.05) is 99.1 Å². The second-order valence-electron chi connectivity index (χ2n) is 7.46. The lowest BCUT2D eigenvalue weighted by atomic mass is 10.2. The Hall–Kier alpha value is -1.34. The highest BCUT2D eigenvalue weighted by Crippen LogP contribution is 2.01. The van der Waals surface area contributed by atoms with Crippen LogP contribution in [0.5, 0.6) is 0 Å². The summed E-state index contributed by atoms with van der Waals surface area (Å²) in [7, 11) is 0. The predicted molar refractivity (Wildman–Crippen MR) is 128 cm³/mol. The van der Waals surface area contributed by atoms with Crippen molar-refractivity contribution in [1.82, 2.24) is 0 Å². The van der Waals surface area contributed by atoms with Crippen LogP contribution in [0.3, 0.4) is 0 Å². The third-order valence-corrected chi connectivity index (χ3v) is 4.39. The molecule has 0 aromatic heterocycles. The lowest BCUT2D eigenvalue weighted by Gasteiger charge is -2.08. The number of carbonyl (C=O) groups is 2. The smallest absolute Gasteiger partial charge is 0.305 e. The summed E-state index contributed by atoms with van der Waals surface area (Å²) < 4.78 is 42.7. The predicted octanol–water partition coefficient (Wildman–Crippen LogP) is 2.09. The number of carboxylic acid groups (broad SMARTS) is 1. The van der Waals surface area contributed by atoms with Crippen molar-refractivity contribution >= 4 is 11.9 Å². The van der Waals surface area contributed by atoms with E-state index in [1.165, 1.54) is 0 Å². The highest BCUT2D eigenvalue weighted by atomic mass is 16.6. The van der Waals surface area contributed by atoms with E-state index in [9.17, 15) is 9.59 Å². The van der Waals surface area contributed by atoms with Gasteiger partial charge in [0.05, 0.1) is 85.9 Å². The second kappa shape index (κ2) is 28.9. The molecule has 0 atom stereocenters. The molecule has 0 unspecified atom stereocenters. The van der Waals surface area contributed by atoms with Crippen molar-refractivity contribution in [3.05, 3.63) is 0 Å². The Labute approximate surface area is 209 Å². The van der Waals surface area contributed by atoms with Crippen molar-refractivity contribution in [3.8, 4) is 0 Å². The number of carbonyl (C=O) groups excluding carboxylic acids is 1. The van der Waals surface area contributed by atoms with E-state index in [0.29, 0.717) is 98.7 Å². The number of unbranched alkanes of at least 4 members (excludes halogenated alkanes) is 2. The number of esters is 1. The number of carboxylic acids is 1. The van der Waals surface area contributed by atoms with Crippen LogP contribution in [0.15, 0.2) is 0 Å². The maximum Gasteiger partial charge on any atom is 0.305 e. The van der Waals surface area contributed by atoms with Gasteiger partial charge in [0.25, 0.3) is 0 Å². The average Bonchev–Trinajstić information content (AvgIpc) is 2.84. The van der Waals surface area contributed by atoms with Crippen molar-refractivity contribution in [1.29, 1.82) is 0 Å². The average molecular weight is 511 g/mol. The zero-order valence-electron chi connectivity index (χ0n) is 21.4. The third-order valence-electron chi connectivity index (χ3n) is 4.39. The van der Waals surface area contributed by atoms with Gasteiger partial charge in [0.2, 0.25) is 0 Å². The molecule has 11 heteroatoms. The van der Waals surface area contributed by atoms with Crippen molar-refractivity contribution in [2.24, 2.45) is 0 Å². The van der Waals surface area contributed by atoms with Gasteiger partial charge in [-0.2, -0.15) is 0 Å². The second-order valence-corrected chi connectivity index (χ2v) is 7.46. The molecule has 0 bridgehead atoms. The summed E-state index contributed by atoms with van der Waals surface area (Å²) in [6, 6.07) is 0. The van der Waals surface area contributed by atoms with Gasteiger partial charge in [-0.15, -0.1) is 0 Å². The normalized spacial score (nSPS) is 11.1. The minimum absolute atomic E-state index is 0.0673. The number of aliphatic carboxylic acids is 1. The Balaban J connectivity index is 3.10. The Morgan fingerprint density at radius 3 is 1.20 bits per heavy atom. The molecule has 0 aliphatic carbocycles. The highest BCUT2D eigenvalue weighted by Gasteiger charge is 2.04. The maximum atomic E-state index is 11.4. The zero-order valence-corrected chi connectivity index (χ0v) is 21.4. The zero-order chi connectivity index (χ0) is 25.7.